The third kappa shape index (κ3) is 3.47. The van der Waals surface area contributed by atoms with Crippen LogP contribution in [0.5, 0.6) is 0 Å². The number of hydrogen-bond donors (Lipinski definition) is 3. The molecular formula is C23H21N3O2. The van der Waals surface area contributed by atoms with E-state index in [9.17, 15) is 9.59 Å². The van der Waals surface area contributed by atoms with Crippen molar-refractivity contribution < 1.29 is 9.59 Å². The minimum atomic E-state index is -0.224. The molecule has 3 aromatic rings. The SMILES string of the molecule is Cc1ccccc1CNc1ccccc1NC(=O)c1cccc2c1CNC2=O. The number of carbonyl (C=O) groups is 2. The number of amides is 2. The summed E-state index contributed by atoms with van der Waals surface area (Å²) in [5.41, 5.74) is 5.80. The molecule has 0 unspecified atom stereocenters. The molecule has 28 heavy (non-hydrogen) atoms. The van der Waals surface area contributed by atoms with Crippen molar-refractivity contribution in [2.75, 3.05) is 10.6 Å². The van der Waals surface area contributed by atoms with Crippen molar-refractivity contribution in [3.8, 4) is 0 Å². The summed E-state index contributed by atoms with van der Waals surface area (Å²) in [6.07, 6.45) is 0. The molecule has 0 aromatic heterocycles. The Balaban J connectivity index is 1.54. The van der Waals surface area contributed by atoms with E-state index in [1.165, 1.54) is 11.1 Å². The topological polar surface area (TPSA) is 70.2 Å². The number of benzene rings is 3. The summed E-state index contributed by atoms with van der Waals surface area (Å²) in [6.45, 7) is 3.12. The van der Waals surface area contributed by atoms with E-state index in [-0.39, 0.29) is 11.8 Å². The second-order valence-electron chi connectivity index (χ2n) is 6.79. The van der Waals surface area contributed by atoms with Crippen LogP contribution >= 0.6 is 0 Å². The normalized spacial score (nSPS) is 12.2. The fourth-order valence-electron chi connectivity index (χ4n) is 3.40. The molecule has 3 aromatic carbocycles. The van der Waals surface area contributed by atoms with Crippen LogP contribution in [0, 0.1) is 6.92 Å². The summed E-state index contributed by atoms with van der Waals surface area (Å²) < 4.78 is 0. The molecule has 0 fully saturated rings. The van der Waals surface area contributed by atoms with Gasteiger partial charge in [-0.05, 0) is 47.9 Å². The van der Waals surface area contributed by atoms with Gasteiger partial charge in [-0.2, -0.15) is 0 Å². The number of carbonyl (C=O) groups excluding carboxylic acids is 2. The van der Waals surface area contributed by atoms with Crippen LogP contribution in [0.3, 0.4) is 0 Å². The van der Waals surface area contributed by atoms with Crippen LogP contribution in [0.2, 0.25) is 0 Å². The maximum Gasteiger partial charge on any atom is 0.256 e. The number of anilines is 2. The predicted molar refractivity (Wildman–Crippen MR) is 111 cm³/mol. The van der Waals surface area contributed by atoms with Crippen LogP contribution in [0.15, 0.2) is 66.7 Å². The van der Waals surface area contributed by atoms with Gasteiger partial charge in [-0.25, -0.2) is 0 Å². The fraction of sp³-hybridized carbons (Fsp3) is 0.130. The van der Waals surface area contributed by atoms with Crippen LogP contribution in [0.4, 0.5) is 11.4 Å². The lowest BCUT2D eigenvalue weighted by molar-refractivity contribution is 0.0964. The Morgan fingerprint density at radius 1 is 0.964 bits per heavy atom. The highest BCUT2D eigenvalue weighted by atomic mass is 16.2. The van der Waals surface area contributed by atoms with E-state index in [0.717, 1.165) is 11.3 Å². The molecular weight excluding hydrogens is 350 g/mol. The summed E-state index contributed by atoms with van der Waals surface area (Å²) >= 11 is 0. The molecule has 1 aliphatic rings. The van der Waals surface area contributed by atoms with E-state index in [1.807, 2.05) is 36.4 Å². The summed E-state index contributed by atoms with van der Waals surface area (Å²) in [4.78, 5) is 24.7. The van der Waals surface area contributed by atoms with Gasteiger partial charge in [-0.1, -0.05) is 42.5 Å². The van der Waals surface area contributed by atoms with Crippen LogP contribution in [-0.2, 0) is 13.1 Å². The van der Waals surface area contributed by atoms with Crippen molar-refractivity contribution >= 4 is 23.2 Å². The minimum absolute atomic E-state index is 0.134. The molecule has 4 rings (SSSR count). The Hall–Kier alpha value is -3.60. The van der Waals surface area contributed by atoms with Crippen molar-refractivity contribution in [1.82, 2.24) is 5.32 Å². The van der Waals surface area contributed by atoms with Crippen molar-refractivity contribution in [3.63, 3.8) is 0 Å². The van der Waals surface area contributed by atoms with Gasteiger partial charge in [0, 0.05) is 24.2 Å². The van der Waals surface area contributed by atoms with Crippen molar-refractivity contribution in [2.24, 2.45) is 0 Å². The smallest absolute Gasteiger partial charge is 0.256 e. The minimum Gasteiger partial charge on any atom is -0.379 e. The zero-order valence-corrected chi connectivity index (χ0v) is 15.6. The second-order valence-corrected chi connectivity index (χ2v) is 6.79. The lowest BCUT2D eigenvalue weighted by atomic mass is 10.0. The van der Waals surface area contributed by atoms with Gasteiger partial charge < -0.3 is 16.0 Å². The highest BCUT2D eigenvalue weighted by Crippen LogP contribution is 2.25. The Kier molecular flexibility index (Phi) is 4.81. The van der Waals surface area contributed by atoms with E-state index < -0.39 is 0 Å². The molecule has 0 atom stereocenters. The first-order valence-electron chi connectivity index (χ1n) is 9.22. The monoisotopic (exact) mass is 371 g/mol. The van der Waals surface area contributed by atoms with E-state index in [2.05, 4.69) is 35.0 Å². The number of fused-ring (bicyclic) bond motifs is 1. The highest BCUT2D eigenvalue weighted by Gasteiger charge is 2.24. The highest BCUT2D eigenvalue weighted by molar-refractivity contribution is 6.10. The number of hydrogen-bond acceptors (Lipinski definition) is 3. The molecule has 3 N–H and O–H groups in total. The molecule has 0 spiro atoms. The molecule has 5 heteroatoms. The lowest BCUT2D eigenvalue weighted by Gasteiger charge is -2.15. The molecule has 0 saturated heterocycles. The molecule has 0 radical (unpaired) electrons. The van der Waals surface area contributed by atoms with Gasteiger partial charge in [0.05, 0.1) is 11.4 Å². The first-order chi connectivity index (χ1) is 13.6. The standard InChI is InChI=1S/C23H21N3O2/c1-15-7-2-3-8-16(15)13-24-20-11-4-5-12-21(20)26-23(28)18-10-6-9-17-19(18)14-25-22(17)27/h2-12,24H,13-14H2,1H3,(H,25,27)(H,26,28). The average Bonchev–Trinajstić information content (AvgIpc) is 3.09. The summed E-state index contributed by atoms with van der Waals surface area (Å²) in [6, 6.07) is 21.0. The van der Waals surface area contributed by atoms with Gasteiger partial charge in [0.2, 0.25) is 0 Å². The molecule has 0 bridgehead atoms. The van der Waals surface area contributed by atoms with E-state index in [1.54, 1.807) is 18.2 Å². The molecule has 0 aliphatic carbocycles. The Morgan fingerprint density at radius 3 is 2.54 bits per heavy atom. The van der Waals surface area contributed by atoms with Crippen LogP contribution in [0.25, 0.3) is 0 Å². The van der Waals surface area contributed by atoms with Crippen LogP contribution in [0.1, 0.15) is 37.4 Å². The van der Waals surface area contributed by atoms with E-state index in [4.69, 9.17) is 0 Å². The average molecular weight is 371 g/mol. The Morgan fingerprint density at radius 2 is 1.71 bits per heavy atom. The Labute approximate surface area is 163 Å². The lowest BCUT2D eigenvalue weighted by Crippen LogP contribution is -2.16. The molecule has 2 amide bonds. The number of rotatable bonds is 5. The second kappa shape index (κ2) is 7.56. The third-order valence-electron chi connectivity index (χ3n) is 5.00. The van der Waals surface area contributed by atoms with E-state index >= 15 is 0 Å². The van der Waals surface area contributed by atoms with E-state index in [0.29, 0.717) is 29.9 Å². The van der Waals surface area contributed by atoms with Gasteiger partial charge in [0.25, 0.3) is 11.8 Å². The fourth-order valence-corrected chi connectivity index (χ4v) is 3.40. The van der Waals surface area contributed by atoms with Gasteiger partial charge in [0.15, 0.2) is 0 Å². The third-order valence-corrected chi connectivity index (χ3v) is 5.00. The first-order valence-corrected chi connectivity index (χ1v) is 9.22. The maximum absolute atomic E-state index is 12.9. The van der Waals surface area contributed by atoms with Crippen molar-refractivity contribution in [2.45, 2.75) is 20.0 Å². The van der Waals surface area contributed by atoms with Crippen LogP contribution in [-0.4, -0.2) is 11.8 Å². The largest absolute Gasteiger partial charge is 0.379 e. The zero-order valence-electron chi connectivity index (χ0n) is 15.6. The molecule has 140 valence electrons. The van der Waals surface area contributed by atoms with Crippen LogP contribution < -0.4 is 16.0 Å². The van der Waals surface area contributed by atoms with Gasteiger partial charge >= 0.3 is 0 Å². The van der Waals surface area contributed by atoms with Crippen molar-refractivity contribution in [1.29, 1.82) is 0 Å². The molecule has 5 nitrogen and oxygen atoms in total. The quantitative estimate of drug-likeness (QED) is 0.632. The molecule has 1 aliphatic heterocycles. The van der Waals surface area contributed by atoms with Gasteiger partial charge in [-0.15, -0.1) is 0 Å². The Bertz CT molecular complexity index is 1060. The van der Waals surface area contributed by atoms with Gasteiger partial charge in [-0.3, -0.25) is 9.59 Å². The number of para-hydroxylation sites is 2. The summed E-state index contributed by atoms with van der Waals surface area (Å²) in [7, 11) is 0. The number of aryl methyl sites for hydroxylation is 1. The maximum atomic E-state index is 12.9. The summed E-state index contributed by atoms with van der Waals surface area (Å²) in [5.74, 6) is -0.358. The molecule has 0 saturated carbocycles. The predicted octanol–water partition coefficient (Wildman–Crippen LogP) is 4.10. The number of nitrogens with one attached hydrogen (secondary N) is 3. The van der Waals surface area contributed by atoms with Crippen molar-refractivity contribution in [3.05, 3.63) is 94.5 Å². The molecule has 1 heterocycles. The summed E-state index contributed by atoms with van der Waals surface area (Å²) in [5, 5.41) is 9.16. The van der Waals surface area contributed by atoms with Gasteiger partial charge in [0.1, 0.15) is 0 Å². The zero-order chi connectivity index (χ0) is 19.5. The first kappa shape index (κ1) is 17.8.